The Hall–Kier alpha value is -1.60. The molecular weight excluding hydrogens is 302 g/mol. The summed E-state index contributed by atoms with van der Waals surface area (Å²) in [5.41, 5.74) is 2.10. The highest BCUT2D eigenvalue weighted by Gasteiger charge is 2.11. The highest BCUT2D eigenvalue weighted by Crippen LogP contribution is 2.26. The summed E-state index contributed by atoms with van der Waals surface area (Å²) in [5.74, 6) is 0. The molecular formula is C19H25N3S. The number of nitrogens with one attached hydrogen (secondary N) is 1. The summed E-state index contributed by atoms with van der Waals surface area (Å²) in [6, 6.07) is 9.00. The molecule has 1 fully saturated rings. The molecule has 0 bridgehead atoms. The third-order valence-corrected chi connectivity index (χ3v) is 5.63. The van der Waals surface area contributed by atoms with Crippen LogP contribution in [0, 0.1) is 11.3 Å². The number of fused-ring (bicyclic) bond motifs is 1. The number of anilines is 1. The molecule has 1 saturated carbocycles. The summed E-state index contributed by atoms with van der Waals surface area (Å²) in [4.78, 5) is 4.31. The molecule has 122 valence electrons. The van der Waals surface area contributed by atoms with Gasteiger partial charge in [0, 0.05) is 11.7 Å². The molecule has 0 saturated heterocycles. The van der Waals surface area contributed by atoms with Crippen LogP contribution in [0.5, 0.6) is 0 Å². The van der Waals surface area contributed by atoms with Crippen LogP contribution in [0.1, 0.15) is 69.2 Å². The van der Waals surface area contributed by atoms with Crippen LogP contribution in [0.15, 0.2) is 18.2 Å². The van der Waals surface area contributed by atoms with Crippen LogP contribution in [-0.2, 0) is 0 Å². The molecule has 3 nitrogen and oxygen atoms in total. The second-order valence-electron chi connectivity index (χ2n) is 6.56. The Kier molecular flexibility index (Phi) is 5.87. The monoisotopic (exact) mass is 327 g/mol. The topological polar surface area (TPSA) is 48.7 Å². The lowest BCUT2D eigenvalue weighted by atomic mass is 10.0. The van der Waals surface area contributed by atoms with Gasteiger partial charge in [-0.2, -0.15) is 5.26 Å². The van der Waals surface area contributed by atoms with Crippen LogP contribution in [-0.4, -0.2) is 11.0 Å². The number of thiazole rings is 1. The largest absolute Gasteiger partial charge is 0.382 e. The minimum Gasteiger partial charge on any atom is -0.382 e. The molecule has 4 heteroatoms. The molecule has 3 rings (SSSR count). The van der Waals surface area contributed by atoms with E-state index in [4.69, 9.17) is 5.26 Å². The lowest BCUT2D eigenvalue weighted by Gasteiger charge is -2.20. The van der Waals surface area contributed by atoms with Crippen molar-refractivity contribution < 1.29 is 0 Å². The second kappa shape index (κ2) is 8.31. The normalized spacial score (nSPS) is 18.2. The highest BCUT2D eigenvalue weighted by atomic mass is 32.1. The fourth-order valence-electron chi connectivity index (χ4n) is 3.43. The first-order valence-electron chi connectivity index (χ1n) is 8.92. The van der Waals surface area contributed by atoms with E-state index in [1.807, 2.05) is 6.07 Å². The molecule has 1 aromatic heterocycles. The second-order valence-corrected chi connectivity index (χ2v) is 7.59. The summed E-state index contributed by atoms with van der Waals surface area (Å²) >= 11 is 1.48. The van der Waals surface area contributed by atoms with Crippen molar-refractivity contribution in [2.75, 3.05) is 5.32 Å². The van der Waals surface area contributed by atoms with Gasteiger partial charge in [-0.05, 0) is 31.0 Å². The van der Waals surface area contributed by atoms with Gasteiger partial charge in [0.1, 0.15) is 6.07 Å². The predicted molar refractivity (Wildman–Crippen MR) is 97.9 cm³/mol. The number of hydrogen-bond acceptors (Lipinski definition) is 4. The maximum absolute atomic E-state index is 8.98. The predicted octanol–water partition coefficient (Wildman–Crippen LogP) is 5.86. The minimum atomic E-state index is 0.548. The molecule has 1 aliphatic rings. The molecule has 1 aliphatic carbocycles. The van der Waals surface area contributed by atoms with E-state index in [2.05, 4.69) is 28.5 Å². The number of hydrogen-bond donors (Lipinski definition) is 1. The summed E-state index contributed by atoms with van der Waals surface area (Å²) in [6.45, 7) is 0. The van der Waals surface area contributed by atoms with Crippen molar-refractivity contribution in [3.05, 3.63) is 23.2 Å². The Labute approximate surface area is 142 Å². The van der Waals surface area contributed by atoms with Crippen molar-refractivity contribution in [2.45, 2.75) is 70.3 Å². The molecule has 0 unspecified atom stereocenters. The van der Waals surface area contributed by atoms with Crippen LogP contribution in [0.4, 0.5) is 5.69 Å². The van der Waals surface area contributed by atoms with Gasteiger partial charge in [0.05, 0.1) is 10.2 Å². The lowest BCUT2D eigenvalue weighted by Crippen LogP contribution is -2.19. The van der Waals surface area contributed by atoms with Gasteiger partial charge in [0.15, 0.2) is 5.01 Å². The summed E-state index contributed by atoms with van der Waals surface area (Å²) in [6.07, 6.45) is 13.6. The molecule has 1 heterocycles. The van der Waals surface area contributed by atoms with Crippen LogP contribution < -0.4 is 5.32 Å². The fourth-order valence-corrected chi connectivity index (χ4v) is 4.23. The fraction of sp³-hybridized carbons (Fsp3) is 0.579. The number of benzene rings is 1. The van der Waals surface area contributed by atoms with Gasteiger partial charge in [0.25, 0.3) is 0 Å². The minimum absolute atomic E-state index is 0.548. The van der Waals surface area contributed by atoms with E-state index in [0.29, 0.717) is 11.0 Å². The Morgan fingerprint density at radius 2 is 1.65 bits per heavy atom. The molecule has 0 radical (unpaired) electrons. The zero-order valence-electron chi connectivity index (χ0n) is 13.7. The maximum atomic E-state index is 8.98. The molecule has 0 spiro atoms. The summed E-state index contributed by atoms with van der Waals surface area (Å²) in [7, 11) is 0. The van der Waals surface area contributed by atoms with Crippen molar-refractivity contribution in [1.29, 1.82) is 5.26 Å². The Bertz CT molecular complexity index is 659. The third kappa shape index (κ3) is 4.68. The van der Waals surface area contributed by atoms with E-state index >= 15 is 0 Å². The maximum Gasteiger partial charge on any atom is 0.195 e. The van der Waals surface area contributed by atoms with Crippen molar-refractivity contribution >= 4 is 27.2 Å². The van der Waals surface area contributed by atoms with Crippen molar-refractivity contribution in [3.8, 4) is 6.07 Å². The first-order chi connectivity index (χ1) is 11.3. The first-order valence-corrected chi connectivity index (χ1v) is 9.74. The Morgan fingerprint density at radius 1 is 1.00 bits per heavy atom. The smallest absolute Gasteiger partial charge is 0.195 e. The van der Waals surface area contributed by atoms with Gasteiger partial charge >= 0.3 is 0 Å². The summed E-state index contributed by atoms with van der Waals surface area (Å²) < 4.78 is 1.10. The lowest BCUT2D eigenvalue weighted by molar-refractivity contribution is 0.535. The van der Waals surface area contributed by atoms with E-state index in [1.165, 1.54) is 81.2 Å². The van der Waals surface area contributed by atoms with Gasteiger partial charge in [-0.1, -0.05) is 51.4 Å². The summed E-state index contributed by atoms with van der Waals surface area (Å²) in [5, 5.41) is 13.3. The Balaban J connectivity index is 1.66. The van der Waals surface area contributed by atoms with Crippen LogP contribution >= 0.6 is 11.3 Å². The van der Waals surface area contributed by atoms with Gasteiger partial charge < -0.3 is 5.32 Å². The average molecular weight is 327 g/mol. The van der Waals surface area contributed by atoms with Gasteiger partial charge in [-0.3, -0.25) is 0 Å². The van der Waals surface area contributed by atoms with E-state index in [-0.39, 0.29) is 0 Å². The van der Waals surface area contributed by atoms with E-state index < -0.39 is 0 Å². The van der Waals surface area contributed by atoms with Crippen molar-refractivity contribution in [1.82, 2.24) is 4.98 Å². The molecule has 1 N–H and O–H groups in total. The first kappa shape index (κ1) is 16.3. The molecule has 0 aliphatic heterocycles. The molecule has 2 aromatic rings. The zero-order valence-corrected chi connectivity index (χ0v) is 14.5. The number of rotatable bonds is 2. The van der Waals surface area contributed by atoms with Crippen LogP contribution in [0.2, 0.25) is 0 Å². The van der Waals surface area contributed by atoms with E-state index in [0.717, 1.165) is 10.2 Å². The number of nitriles is 1. The van der Waals surface area contributed by atoms with Gasteiger partial charge in [0.2, 0.25) is 0 Å². The van der Waals surface area contributed by atoms with E-state index in [9.17, 15) is 0 Å². The average Bonchev–Trinajstić information content (AvgIpc) is 2.95. The van der Waals surface area contributed by atoms with E-state index in [1.54, 1.807) is 0 Å². The molecule has 0 amide bonds. The standard InChI is InChI=1S/C19H25N3S/c20-14-19-22-17-12-11-16(13-18(17)23-19)21-15-9-7-5-3-1-2-4-6-8-10-15/h11-13,15,21H,1-10H2. The van der Waals surface area contributed by atoms with Gasteiger partial charge in [-0.25, -0.2) is 4.98 Å². The zero-order chi connectivity index (χ0) is 15.9. The van der Waals surface area contributed by atoms with Crippen LogP contribution in [0.25, 0.3) is 10.2 Å². The quantitative estimate of drug-likeness (QED) is 0.751. The number of nitrogens with zero attached hydrogens (tertiary/aromatic N) is 2. The highest BCUT2D eigenvalue weighted by molar-refractivity contribution is 7.19. The molecule has 23 heavy (non-hydrogen) atoms. The number of aromatic nitrogens is 1. The SMILES string of the molecule is N#Cc1nc2ccc(NC3CCCCCCCCCC3)cc2s1. The molecule has 0 atom stereocenters. The molecule has 1 aromatic carbocycles. The third-order valence-electron chi connectivity index (χ3n) is 4.71. The van der Waals surface area contributed by atoms with Crippen molar-refractivity contribution in [3.63, 3.8) is 0 Å². The van der Waals surface area contributed by atoms with Crippen molar-refractivity contribution in [2.24, 2.45) is 0 Å². The Morgan fingerprint density at radius 3 is 2.30 bits per heavy atom. The van der Waals surface area contributed by atoms with Crippen LogP contribution in [0.3, 0.4) is 0 Å². The van der Waals surface area contributed by atoms with Gasteiger partial charge in [-0.15, -0.1) is 11.3 Å².